The van der Waals surface area contributed by atoms with E-state index in [0.717, 1.165) is 16.1 Å². The van der Waals surface area contributed by atoms with Gasteiger partial charge in [-0.3, -0.25) is 0 Å². The van der Waals surface area contributed by atoms with E-state index in [-0.39, 0.29) is 0 Å². The van der Waals surface area contributed by atoms with Crippen molar-refractivity contribution in [2.75, 3.05) is 0 Å². The van der Waals surface area contributed by atoms with Crippen molar-refractivity contribution in [1.29, 1.82) is 0 Å². The molecule has 4 aromatic rings. The van der Waals surface area contributed by atoms with Gasteiger partial charge in [-0.15, -0.1) is 11.3 Å². The van der Waals surface area contributed by atoms with E-state index < -0.39 is 0 Å². The highest BCUT2D eigenvalue weighted by molar-refractivity contribution is 7.22. The van der Waals surface area contributed by atoms with Gasteiger partial charge in [0.25, 0.3) is 0 Å². The monoisotopic (exact) mass is 346 g/mol. The lowest BCUT2D eigenvalue weighted by Crippen LogP contribution is -1.88. The molecule has 0 saturated carbocycles. The molecule has 0 radical (unpaired) electrons. The predicted octanol–water partition coefficient (Wildman–Crippen LogP) is 7.53. The van der Waals surface area contributed by atoms with Crippen LogP contribution >= 0.6 is 22.9 Å². The Morgan fingerprint density at radius 1 is 0.875 bits per heavy atom. The van der Waals surface area contributed by atoms with E-state index in [4.69, 9.17) is 11.6 Å². The van der Waals surface area contributed by atoms with Gasteiger partial charge < -0.3 is 0 Å². The van der Waals surface area contributed by atoms with Crippen LogP contribution in [-0.4, -0.2) is 0 Å². The molecular formula is C22H15ClS. The van der Waals surface area contributed by atoms with Crippen LogP contribution in [0.4, 0.5) is 0 Å². The number of hydrogen-bond donors (Lipinski definition) is 0. The number of thiophene rings is 1. The summed E-state index contributed by atoms with van der Waals surface area (Å²) in [5, 5.41) is 1.99. The zero-order chi connectivity index (χ0) is 16.5. The molecule has 0 unspecified atom stereocenters. The van der Waals surface area contributed by atoms with E-state index in [1.54, 1.807) is 11.3 Å². The summed E-state index contributed by atoms with van der Waals surface area (Å²) < 4.78 is 1.28. The molecule has 0 spiro atoms. The molecule has 116 valence electrons. The highest BCUT2D eigenvalue weighted by atomic mass is 35.5. The molecule has 0 N–H and O–H groups in total. The second-order valence-corrected chi connectivity index (χ2v) is 7.09. The average molecular weight is 347 g/mol. The van der Waals surface area contributed by atoms with E-state index in [2.05, 4.69) is 67.2 Å². The Bertz CT molecular complexity index is 995. The van der Waals surface area contributed by atoms with Crippen LogP contribution in [0.15, 0.2) is 79.4 Å². The maximum Gasteiger partial charge on any atom is 0.0485 e. The molecule has 0 aliphatic rings. The molecule has 0 bridgehead atoms. The van der Waals surface area contributed by atoms with Gasteiger partial charge >= 0.3 is 0 Å². The van der Waals surface area contributed by atoms with Crippen LogP contribution < -0.4 is 0 Å². The molecule has 0 fully saturated rings. The average Bonchev–Trinajstić information content (AvgIpc) is 3.06. The SMILES string of the molecule is C=Cc1c(Cl)ccc(-c2ccccc2)c1-c1cc2ccccc2s1. The topological polar surface area (TPSA) is 0 Å². The second kappa shape index (κ2) is 6.27. The summed E-state index contributed by atoms with van der Waals surface area (Å²) in [6.07, 6.45) is 1.86. The Morgan fingerprint density at radius 2 is 1.62 bits per heavy atom. The standard InChI is InChI=1S/C22H15ClS/c1-2-17-19(23)13-12-18(15-8-4-3-5-9-15)22(17)21-14-16-10-6-7-11-20(16)24-21/h2-14H,1H2. The highest BCUT2D eigenvalue weighted by Crippen LogP contribution is 2.43. The van der Waals surface area contributed by atoms with Gasteiger partial charge in [0.2, 0.25) is 0 Å². The molecule has 24 heavy (non-hydrogen) atoms. The Balaban J connectivity index is 2.05. The van der Waals surface area contributed by atoms with Gasteiger partial charge in [0.1, 0.15) is 0 Å². The number of benzene rings is 3. The van der Waals surface area contributed by atoms with Gasteiger partial charge in [-0.2, -0.15) is 0 Å². The van der Waals surface area contributed by atoms with Crippen LogP contribution in [0, 0.1) is 0 Å². The Kier molecular flexibility index (Phi) is 3.97. The van der Waals surface area contributed by atoms with Crippen molar-refractivity contribution in [3.05, 3.63) is 90.0 Å². The molecule has 0 saturated heterocycles. The molecule has 0 atom stereocenters. The summed E-state index contributed by atoms with van der Waals surface area (Å²) in [7, 11) is 0. The van der Waals surface area contributed by atoms with Gasteiger partial charge in [0.15, 0.2) is 0 Å². The first-order valence-electron chi connectivity index (χ1n) is 7.77. The van der Waals surface area contributed by atoms with Gasteiger partial charge in [-0.25, -0.2) is 0 Å². The minimum absolute atomic E-state index is 0.733. The van der Waals surface area contributed by atoms with E-state index in [9.17, 15) is 0 Å². The van der Waals surface area contributed by atoms with Gasteiger partial charge in [-0.05, 0) is 34.7 Å². The van der Waals surface area contributed by atoms with Gasteiger partial charge in [0.05, 0.1) is 0 Å². The molecule has 1 aromatic heterocycles. The highest BCUT2D eigenvalue weighted by Gasteiger charge is 2.16. The van der Waals surface area contributed by atoms with Crippen LogP contribution in [0.3, 0.4) is 0 Å². The number of rotatable bonds is 3. The normalized spacial score (nSPS) is 10.9. The fourth-order valence-electron chi connectivity index (χ4n) is 3.02. The van der Waals surface area contributed by atoms with Gasteiger partial charge in [0, 0.05) is 25.7 Å². The van der Waals surface area contributed by atoms with Crippen LogP contribution in [-0.2, 0) is 0 Å². The first kappa shape index (κ1) is 15.2. The lowest BCUT2D eigenvalue weighted by atomic mass is 9.94. The summed E-state index contributed by atoms with van der Waals surface area (Å²) in [4.78, 5) is 1.22. The number of fused-ring (bicyclic) bond motifs is 1. The zero-order valence-corrected chi connectivity index (χ0v) is 14.6. The van der Waals surface area contributed by atoms with Gasteiger partial charge in [-0.1, -0.05) is 78.9 Å². The van der Waals surface area contributed by atoms with Crippen molar-refractivity contribution >= 4 is 39.1 Å². The minimum atomic E-state index is 0.733. The molecule has 0 amide bonds. The first-order valence-corrected chi connectivity index (χ1v) is 8.96. The fraction of sp³-hybridized carbons (Fsp3) is 0. The maximum atomic E-state index is 6.47. The summed E-state index contributed by atoms with van der Waals surface area (Å²) >= 11 is 8.26. The molecule has 0 aliphatic heterocycles. The summed E-state index contributed by atoms with van der Waals surface area (Å²) in [6.45, 7) is 3.99. The maximum absolute atomic E-state index is 6.47. The van der Waals surface area contributed by atoms with Crippen molar-refractivity contribution in [3.63, 3.8) is 0 Å². The summed E-state index contributed by atoms with van der Waals surface area (Å²) in [6, 6.07) is 25.2. The van der Waals surface area contributed by atoms with Crippen molar-refractivity contribution in [1.82, 2.24) is 0 Å². The molecule has 0 aliphatic carbocycles. The van der Waals surface area contributed by atoms with Crippen LogP contribution in [0.5, 0.6) is 0 Å². The van der Waals surface area contributed by atoms with Crippen molar-refractivity contribution in [2.45, 2.75) is 0 Å². The molecule has 3 aromatic carbocycles. The van der Waals surface area contributed by atoms with Crippen LogP contribution in [0.1, 0.15) is 5.56 Å². The smallest absolute Gasteiger partial charge is 0.0485 e. The largest absolute Gasteiger partial charge is 0.135 e. The zero-order valence-electron chi connectivity index (χ0n) is 13.0. The number of hydrogen-bond acceptors (Lipinski definition) is 1. The third-order valence-corrected chi connectivity index (χ3v) is 5.62. The number of halogens is 1. The molecular weight excluding hydrogens is 332 g/mol. The third kappa shape index (κ3) is 2.56. The summed E-state index contributed by atoms with van der Waals surface area (Å²) in [5.41, 5.74) is 4.51. The molecule has 2 heteroatoms. The summed E-state index contributed by atoms with van der Waals surface area (Å²) in [5.74, 6) is 0. The van der Waals surface area contributed by atoms with Crippen LogP contribution in [0.2, 0.25) is 5.02 Å². The lowest BCUT2D eigenvalue weighted by molar-refractivity contribution is 1.59. The van der Waals surface area contributed by atoms with E-state index in [0.29, 0.717) is 0 Å². The minimum Gasteiger partial charge on any atom is -0.135 e. The predicted molar refractivity (Wildman–Crippen MR) is 108 cm³/mol. The first-order chi connectivity index (χ1) is 11.8. The van der Waals surface area contributed by atoms with Crippen molar-refractivity contribution in [2.24, 2.45) is 0 Å². The Labute approximate surface area is 150 Å². The van der Waals surface area contributed by atoms with E-state index in [1.165, 1.54) is 26.1 Å². The fourth-order valence-corrected chi connectivity index (χ4v) is 4.39. The second-order valence-electron chi connectivity index (χ2n) is 5.60. The van der Waals surface area contributed by atoms with Crippen LogP contribution in [0.25, 0.3) is 37.7 Å². The quantitative estimate of drug-likeness (QED) is 0.359. The lowest BCUT2D eigenvalue weighted by Gasteiger charge is -2.13. The van der Waals surface area contributed by atoms with E-state index >= 15 is 0 Å². The molecule has 1 heterocycles. The Hall–Kier alpha value is -2.35. The third-order valence-electron chi connectivity index (χ3n) is 4.15. The van der Waals surface area contributed by atoms with Crippen molar-refractivity contribution in [3.8, 4) is 21.6 Å². The molecule has 0 nitrogen and oxygen atoms in total. The molecule has 4 rings (SSSR count). The Morgan fingerprint density at radius 3 is 2.38 bits per heavy atom. The van der Waals surface area contributed by atoms with Crippen molar-refractivity contribution < 1.29 is 0 Å². The van der Waals surface area contributed by atoms with E-state index in [1.807, 2.05) is 18.2 Å².